The number of benzene rings is 2. The van der Waals surface area contributed by atoms with Crippen LogP contribution in [0.4, 0.5) is 0 Å². The molecule has 0 fully saturated rings. The van der Waals surface area contributed by atoms with Crippen LogP contribution in [0.5, 0.6) is 5.75 Å². The summed E-state index contributed by atoms with van der Waals surface area (Å²) in [6, 6.07) is 17.9. The fourth-order valence-electron chi connectivity index (χ4n) is 3.44. The number of aromatic nitrogens is 4. The third-order valence-electron chi connectivity index (χ3n) is 5.12. The quantitative estimate of drug-likeness (QED) is 0.437. The van der Waals surface area contributed by atoms with Crippen molar-refractivity contribution in [3.05, 3.63) is 65.9 Å². The number of hydrogen-bond acceptors (Lipinski definition) is 7. The van der Waals surface area contributed by atoms with Crippen LogP contribution in [0.1, 0.15) is 17.4 Å². The highest BCUT2D eigenvalue weighted by Crippen LogP contribution is 2.30. The maximum absolute atomic E-state index is 6.04. The van der Waals surface area contributed by atoms with Crippen molar-refractivity contribution in [3.63, 3.8) is 0 Å². The van der Waals surface area contributed by atoms with E-state index in [-0.39, 0.29) is 6.10 Å². The zero-order valence-electron chi connectivity index (χ0n) is 16.6. The van der Waals surface area contributed by atoms with Gasteiger partial charge in [-0.25, -0.2) is 0 Å². The van der Waals surface area contributed by atoms with Gasteiger partial charge >= 0.3 is 0 Å². The number of hydrogen-bond donors (Lipinski definition) is 0. The molecule has 0 spiro atoms. The highest BCUT2D eigenvalue weighted by atomic mass is 32.2. The minimum Gasteiger partial charge on any atom is -0.497 e. The standard InChI is InChI=1S/C22H20N4O3S/c1-27-17-7-3-14(4-8-17)20-12-26-16(13-28-20)11-19(24-26)22-23-21(25-29-22)15-5-9-18(30-2)10-6-15/h3-11,20H,12-13H2,1-2H3/t20-/m1/s1. The second kappa shape index (κ2) is 7.97. The van der Waals surface area contributed by atoms with E-state index in [1.54, 1.807) is 18.9 Å². The number of nitrogens with zero attached hydrogens (tertiary/aromatic N) is 4. The molecule has 0 saturated carbocycles. The average Bonchev–Trinajstić information content (AvgIpc) is 3.46. The Kier molecular flexibility index (Phi) is 5.02. The number of ether oxygens (including phenoxy) is 2. The molecule has 7 nitrogen and oxygen atoms in total. The van der Waals surface area contributed by atoms with Crippen LogP contribution in [-0.2, 0) is 17.9 Å². The first-order chi connectivity index (χ1) is 14.7. The van der Waals surface area contributed by atoms with Crippen molar-refractivity contribution in [1.82, 2.24) is 19.9 Å². The summed E-state index contributed by atoms with van der Waals surface area (Å²) in [7, 11) is 1.66. The molecule has 0 unspecified atom stereocenters. The summed E-state index contributed by atoms with van der Waals surface area (Å²) in [6.45, 7) is 1.10. The van der Waals surface area contributed by atoms with E-state index in [9.17, 15) is 0 Å². The molecule has 4 aromatic rings. The summed E-state index contributed by atoms with van der Waals surface area (Å²) < 4.78 is 18.7. The third kappa shape index (κ3) is 3.59. The summed E-state index contributed by atoms with van der Waals surface area (Å²) in [5, 5.41) is 8.80. The van der Waals surface area contributed by atoms with Crippen LogP contribution in [0.2, 0.25) is 0 Å². The summed E-state index contributed by atoms with van der Waals surface area (Å²) >= 11 is 1.70. The van der Waals surface area contributed by atoms with Gasteiger partial charge in [0.1, 0.15) is 11.9 Å². The van der Waals surface area contributed by atoms with Gasteiger partial charge in [-0.2, -0.15) is 10.1 Å². The van der Waals surface area contributed by atoms with Gasteiger partial charge in [-0.05, 0) is 54.3 Å². The molecule has 1 aliphatic rings. The van der Waals surface area contributed by atoms with Gasteiger partial charge in [-0.15, -0.1) is 11.8 Å². The van der Waals surface area contributed by atoms with Crippen molar-refractivity contribution in [2.75, 3.05) is 13.4 Å². The smallest absolute Gasteiger partial charge is 0.278 e. The Labute approximate surface area is 178 Å². The molecule has 5 rings (SSSR count). The second-order valence-electron chi connectivity index (χ2n) is 6.93. The zero-order chi connectivity index (χ0) is 20.5. The van der Waals surface area contributed by atoms with Crippen LogP contribution in [0.25, 0.3) is 23.0 Å². The van der Waals surface area contributed by atoms with Gasteiger partial charge in [-0.1, -0.05) is 17.3 Å². The topological polar surface area (TPSA) is 75.2 Å². The number of thioether (sulfide) groups is 1. The van der Waals surface area contributed by atoms with Crippen molar-refractivity contribution >= 4 is 11.8 Å². The number of rotatable bonds is 5. The van der Waals surface area contributed by atoms with Gasteiger partial charge in [-0.3, -0.25) is 4.68 Å². The molecule has 2 aromatic carbocycles. The predicted octanol–water partition coefficient (Wildman–Crippen LogP) is 4.60. The Balaban J connectivity index is 1.35. The lowest BCUT2D eigenvalue weighted by molar-refractivity contribution is -0.00115. The van der Waals surface area contributed by atoms with Gasteiger partial charge in [0, 0.05) is 10.5 Å². The van der Waals surface area contributed by atoms with Crippen LogP contribution in [0, 0.1) is 0 Å². The van der Waals surface area contributed by atoms with E-state index in [0.29, 0.717) is 30.6 Å². The molecule has 1 aliphatic heterocycles. The van der Waals surface area contributed by atoms with Gasteiger partial charge in [0.2, 0.25) is 5.82 Å². The molecule has 0 amide bonds. The summed E-state index contributed by atoms with van der Waals surface area (Å²) in [6.07, 6.45) is 1.98. The van der Waals surface area contributed by atoms with Crippen molar-refractivity contribution in [3.8, 4) is 28.7 Å². The molecular formula is C22H20N4O3S. The molecule has 30 heavy (non-hydrogen) atoms. The number of fused-ring (bicyclic) bond motifs is 1. The molecule has 152 valence electrons. The summed E-state index contributed by atoms with van der Waals surface area (Å²) in [4.78, 5) is 5.72. The van der Waals surface area contributed by atoms with Gasteiger partial charge in [0.05, 0.1) is 26.0 Å². The lowest BCUT2D eigenvalue weighted by Crippen LogP contribution is -2.21. The highest BCUT2D eigenvalue weighted by molar-refractivity contribution is 7.98. The first-order valence-corrected chi connectivity index (χ1v) is 10.8. The van der Waals surface area contributed by atoms with E-state index in [2.05, 4.69) is 15.2 Å². The molecule has 1 atom stereocenters. The van der Waals surface area contributed by atoms with E-state index < -0.39 is 0 Å². The van der Waals surface area contributed by atoms with E-state index >= 15 is 0 Å². The fourth-order valence-corrected chi connectivity index (χ4v) is 3.84. The van der Waals surface area contributed by atoms with E-state index in [1.165, 1.54) is 4.90 Å². The molecule has 0 saturated heterocycles. The van der Waals surface area contributed by atoms with Gasteiger partial charge in [0.25, 0.3) is 5.89 Å². The van der Waals surface area contributed by atoms with Crippen LogP contribution in [0.3, 0.4) is 0 Å². The van der Waals surface area contributed by atoms with Crippen LogP contribution < -0.4 is 4.74 Å². The van der Waals surface area contributed by atoms with Crippen LogP contribution in [0.15, 0.2) is 64.0 Å². The van der Waals surface area contributed by atoms with Crippen molar-refractivity contribution in [1.29, 1.82) is 0 Å². The maximum atomic E-state index is 6.04. The fraction of sp³-hybridized carbons (Fsp3) is 0.227. The van der Waals surface area contributed by atoms with E-state index in [0.717, 1.165) is 22.6 Å². The first kappa shape index (κ1) is 18.9. The minimum atomic E-state index is -0.0654. The molecule has 0 radical (unpaired) electrons. The van der Waals surface area contributed by atoms with Crippen molar-refractivity contribution in [2.24, 2.45) is 0 Å². The Morgan fingerprint density at radius 1 is 1.10 bits per heavy atom. The van der Waals surface area contributed by atoms with Crippen molar-refractivity contribution in [2.45, 2.75) is 24.2 Å². The van der Waals surface area contributed by atoms with Crippen LogP contribution in [-0.4, -0.2) is 33.3 Å². The molecule has 0 bridgehead atoms. The van der Waals surface area contributed by atoms with E-state index in [1.807, 2.05) is 65.5 Å². The first-order valence-electron chi connectivity index (χ1n) is 9.54. The molecule has 3 heterocycles. The molecule has 0 aliphatic carbocycles. The molecule has 2 aromatic heterocycles. The van der Waals surface area contributed by atoms with Crippen molar-refractivity contribution < 1.29 is 14.0 Å². The Bertz CT molecular complexity index is 1150. The maximum Gasteiger partial charge on any atom is 0.278 e. The zero-order valence-corrected chi connectivity index (χ0v) is 17.4. The molecular weight excluding hydrogens is 400 g/mol. The van der Waals surface area contributed by atoms with E-state index in [4.69, 9.17) is 14.0 Å². The minimum absolute atomic E-state index is 0.0654. The Hall–Kier alpha value is -3.10. The number of methoxy groups -OCH3 is 1. The highest BCUT2D eigenvalue weighted by Gasteiger charge is 2.24. The average molecular weight is 420 g/mol. The molecule has 0 N–H and O–H groups in total. The van der Waals surface area contributed by atoms with Gasteiger partial charge in [0.15, 0.2) is 5.69 Å². The SMILES string of the molecule is COc1ccc([C@H]2Cn3nc(-c4nc(-c5ccc(SC)cc5)no4)cc3CO2)cc1. The Morgan fingerprint density at radius 3 is 2.63 bits per heavy atom. The normalized spacial score (nSPS) is 15.7. The van der Waals surface area contributed by atoms with Crippen LogP contribution >= 0.6 is 11.8 Å². The molecule has 8 heteroatoms. The van der Waals surface area contributed by atoms with Gasteiger partial charge < -0.3 is 14.0 Å². The second-order valence-corrected chi connectivity index (χ2v) is 7.81. The lowest BCUT2D eigenvalue weighted by atomic mass is 10.1. The largest absolute Gasteiger partial charge is 0.497 e. The predicted molar refractivity (Wildman–Crippen MR) is 113 cm³/mol. The monoisotopic (exact) mass is 420 g/mol. The summed E-state index contributed by atoms with van der Waals surface area (Å²) in [5.74, 6) is 1.78. The summed E-state index contributed by atoms with van der Waals surface area (Å²) in [5.41, 5.74) is 3.64. The lowest BCUT2D eigenvalue weighted by Gasteiger charge is -2.24. The Morgan fingerprint density at radius 2 is 1.90 bits per heavy atom. The third-order valence-corrected chi connectivity index (χ3v) is 5.86.